The average Bonchev–Trinajstić information content (AvgIpc) is 2.77. The fourth-order valence-electron chi connectivity index (χ4n) is 1.70. The van der Waals surface area contributed by atoms with E-state index in [1.165, 1.54) is 0 Å². The van der Waals surface area contributed by atoms with Crippen molar-refractivity contribution in [2.75, 3.05) is 26.9 Å². The summed E-state index contributed by atoms with van der Waals surface area (Å²) in [6.45, 7) is 8.81. The van der Waals surface area contributed by atoms with Gasteiger partial charge < -0.3 is 14.8 Å². The second-order valence-electron chi connectivity index (χ2n) is 4.15. The van der Waals surface area contributed by atoms with Crippen LogP contribution in [0.3, 0.4) is 0 Å². The molecule has 1 N–H and O–H groups in total. The second-order valence-corrected chi connectivity index (χ2v) is 4.15. The Bertz CT molecular complexity index is 331. The third-order valence-corrected chi connectivity index (χ3v) is 2.58. The molecule has 0 aliphatic rings. The summed E-state index contributed by atoms with van der Waals surface area (Å²) in [5.41, 5.74) is 0. The zero-order valence-electron chi connectivity index (χ0n) is 11.6. The van der Waals surface area contributed by atoms with E-state index in [1.54, 1.807) is 11.8 Å². The van der Waals surface area contributed by atoms with Crippen molar-refractivity contribution in [3.05, 3.63) is 5.82 Å². The van der Waals surface area contributed by atoms with Gasteiger partial charge in [0.15, 0.2) is 5.82 Å². The van der Waals surface area contributed by atoms with Crippen LogP contribution in [0.5, 0.6) is 0 Å². The fourth-order valence-corrected chi connectivity index (χ4v) is 1.70. The van der Waals surface area contributed by atoms with E-state index in [-0.39, 0.29) is 12.1 Å². The quantitative estimate of drug-likeness (QED) is 0.645. The van der Waals surface area contributed by atoms with Gasteiger partial charge >= 0.3 is 0 Å². The Morgan fingerprint density at radius 3 is 2.83 bits per heavy atom. The highest BCUT2D eigenvalue weighted by molar-refractivity contribution is 4.89. The predicted molar refractivity (Wildman–Crippen MR) is 67.2 cm³/mol. The van der Waals surface area contributed by atoms with E-state index in [2.05, 4.69) is 20.8 Å². The van der Waals surface area contributed by atoms with Crippen LogP contribution in [-0.4, -0.2) is 53.2 Å². The van der Waals surface area contributed by atoms with Crippen molar-refractivity contribution in [1.29, 1.82) is 0 Å². The lowest BCUT2D eigenvalue weighted by Crippen LogP contribution is -2.27. The Labute approximate surface area is 108 Å². The standard InChI is InChI=1S/C11H23N5O2/c1-5-18-9(2)8-16-11(13-14-15-16)10(3)12-6-7-17-4/h9-10,12H,5-8H2,1-4H3. The molecule has 7 nitrogen and oxygen atoms in total. The number of hydrogen-bond donors (Lipinski definition) is 1. The highest BCUT2D eigenvalue weighted by atomic mass is 16.5. The van der Waals surface area contributed by atoms with Gasteiger partial charge in [-0.2, -0.15) is 0 Å². The van der Waals surface area contributed by atoms with E-state index in [1.807, 2.05) is 20.8 Å². The fraction of sp³-hybridized carbons (Fsp3) is 0.909. The lowest BCUT2D eigenvalue weighted by Gasteiger charge is -2.16. The molecule has 1 aromatic rings. The van der Waals surface area contributed by atoms with Crippen LogP contribution in [0.4, 0.5) is 0 Å². The number of nitrogens with zero attached hydrogens (tertiary/aromatic N) is 4. The van der Waals surface area contributed by atoms with Gasteiger partial charge in [-0.1, -0.05) is 0 Å². The van der Waals surface area contributed by atoms with E-state index in [4.69, 9.17) is 9.47 Å². The van der Waals surface area contributed by atoms with Gasteiger partial charge in [-0.05, 0) is 31.2 Å². The molecule has 0 bridgehead atoms. The Kier molecular flexibility index (Phi) is 6.77. The molecule has 1 heterocycles. The molecule has 1 rings (SSSR count). The number of hydrogen-bond acceptors (Lipinski definition) is 6. The first-order chi connectivity index (χ1) is 8.69. The van der Waals surface area contributed by atoms with Crippen molar-refractivity contribution in [1.82, 2.24) is 25.5 Å². The van der Waals surface area contributed by atoms with Crippen LogP contribution < -0.4 is 5.32 Å². The maximum Gasteiger partial charge on any atom is 0.168 e. The van der Waals surface area contributed by atoms with Crippen molar-refractivity contribution in [2.24, 2.45) is 0 Å². The lowest BCUT2D eigenvalue weighted by molar-refractivity contribution is 0.0600. The molecule has 18 heavy (non-hydrogen) atoms. The van der Waals surface area contributed by atoms with Gasteiger partial charge in [-0.3, -0.25) is 0 Å². The van der Waals surface area contributed by atoms with E-state index < -0.39 is 0 Å². The number of methoxy groups -OCH3 is 1. The largest absolute Gasteiger partial charge is 0.383 e. The molecular formula is C11H23N5O2. The van der Waals surface area contributed by atoms with Crippen molar-refractivity contribution >= 4 is 0 Å². The molecule has 2 unspecified atom stereocenters. The molecule has 0 amide bonds. The minimum atomic E-state index is 0.0870. The summed E-state index contributed by atoms with van der Waals surface area (Å²) in [5.74, 6) is 0.817. The molecule has 0 saturated carbocycles. The van der Waals surface area contributed by atoms with Gasteiger partial charge in [0.05, 0.1) is 25.3 Å². The molecule has 0 aromatic carbocycles. The molecular weight excluding hydrogens is 234 g/mol. The third kappa shape index (κ3) is 4.67. The Hall–Kier alpha value is -1.05. The van der Waals surface area contributed by atoms with Crippen molar-refractivity contribution in [2.45, 2.75) is 39.5 Å². The summed E-state index contributed by atoms with van der Waals surface area (Å²) >= 11 is 0. The molecule has 1 aromatic heterocycles. The summed E-state index contributed by atoms with van der Waals surface area (Å²) < 4.78 is 12.3. The molecule has 0 aliphatic carbocycles. The van der Waals surface area contributed by atoms with E-state index in [9.17, 15) is 0 Å². The van der Waals surface area contributed by atoms with Gasteiger partial charge in [0.1, 0.15) is 0 Å². The smallest absolute Gasteiger partial charge is 0.168 e. The summed E-state index contributed by atoms with van der Waals surface area (Å²) in [6, 6.07) is 0.0870. The number of rotatable bonds is 9. The number of tetrazole rings is 1. The maximum absolute atomic E-state index is 5.49. The van der Waals surface area contributed by atoms with Crippen LogP contribution in [0.1, 0.15) is 32.6 Å². The van der Waals surface area contributed by atoms with Gasteiger partial charge in [-0.15, -0.1) is 5.10 Å². The second kappa shape index (κ2) is 8.12. The van der Waals surface area contributed by atoms with Crippen LogP contribution in [-0.2, 0) is 16.0 Å². The van der Waals surface area contributed by atoms with Gasteiger partial charge in [-0.25, -0.2) is 4.68 Å². The van der Waals surface area contributed by atoms with Crippen molar-refractivity contribution < 1.29 is 9.47 Å². The summed E-state index contributed by atoms with van der Waals surface area (Å²) in [7, 11) is 1.68. The van der Waals surface area contributed by atoms with Crippen LogP contribution in [0.15, 0.2) is 0 Å². The maximum atomic E-state index is 5.49. The Morgan fingerprint density at radius 2 is 2.17 bits per heavy atom. The molecule has 0 radical (unpaired) electrons. The minimum absolute atomic E-state index is 0.0870. The predicted octanol–water partition coefficient (Wildman–Crippen LogP) is 0.395. The SMILES string of the molecule is CCOC(C)Cn1nnnc1C(C)NCCOC. The molecule has 7 heteroatoms. The number of ether oxygens (including phenoxy) is 2. The molecule has 104 valence electrons. The molecule has 0 spiro atoms. The molecule has 0 aliphatic heterocycles. The van der Waals surface area contributed by atoms with E-state index >= 15 is 0 Å². The lowest BCUT2D eigenvalue weighted by atomic mass is 10.3. The zero-order chi connectivity index (χ0) is 13.4. The molecule has 0 saturated heterocycles. The van der Waals surface area contributed by atoms with Crippen LogP contribution >= 0.6 is 0 Å². The van der Waals surface area contributed by atoms with Gasteiger partial charge in [0, 0.05) is 20.3 Å². The average molecular weight is 257 g/mol. The topological polar surface area (TPSA) is 74.1 Å². The highest BCUT2D eigenvalue weighted by Crippen LogP contribution is 2.08. The number of nitrogens with one attached hydrogen (secondary N) is 1. The number of aromatic nitrogens is 4. The monoisotopic (exact) mass is 257 g/mol. The van der Waals surface area contributed by atoms with Crippen LogP contribution in [0, 0.1) is 0 Å². The zero-order valence-corrected chi connectivity index (χ0v) is 11.6. The first-order valence-corrected chi connectivity index (χ1v) is 6.29. The summed E-state index contributed by atoms with van der Waals surface area (Å²) in [5, 5.41) is 15.1. The van der Waals surface area contributed by atoms with Crippen LogP contribution in [0.25, 0.3) is 0 Å². The normalized spacial score (nSPS) is 14.7. The van der Waals surface area contributed by atoms with E-state index in [0.717, 1.165) is 12.4 Å². The highest BCUT2D eigenvalue weighted by Gasteiger charge is 2.15. The third-order valence-electron chi connectivity index (χ3n) is 2.58. The van der Waals surface area contributed by atoms with Crippen molar-refractivity contribution in [3.8, 4) is 0 Å². The first-order valence-electron chi connectivity index (χ1n) is 6.29. The van der Waals surface area contributed by atoms with Gasteiger partial charge in [0.25, 0.3) is 0 Å². The van der Waals surface area contributed by atoms with Crippen LogP contribution in [0.2, 0.25) is 0 Å². The van der Waals surface area contributed by atoms with Crippen molar-refractivity contribution in [3.63, 3.8) is 0 Å². The van der Waals surface area contributed by atoms with Gasteiger partial charge in [0.2, 0.25) is 0 Å². The molecule has 2 atom stereocenters. The summed E-state index contributed by atoms with van der Waals surface area (Å²) in [6.07, 6.45) is 0.100. The minimum Gasteiger partial charge on any atom is -0.383 e. The Morgan fingerprint density at radius 1 is 1.39 bits per heavy atom. The molecule has 0 fully saturated rings. The summed E-state index contributed by atoms with van der Waals surface area (Å²) in [4.78, 5) is 0. The Balaban J connectivity index is 2.52. The first kappa shape index (κ1) is 15.0. The van der Waals surface area contributed by atoms with E-state index in [0.29, 0.717) is 19.8 Å².